The predicted octanol–water partition coefficient (Wildman–Crippen LogP) is 3.96. The lowest BCUT2D eigenvalue weighted by Gasteiger charge is -2.07. The van der Waals surface area contributed by atoms with Crippen LogP contribution in [-0.2, 0) is 4.79 Å². The van der Waals surface area contributed by atoms with E-state index in [9.17, 15) is 4.79 Å². The maximum absolute atomic E-state index is 12.0. The maximum atomic E-state index is 12.0. The van der Waals surface area contributed by atoms with Crippen molar-refractivity contribution < 1.29 is 14.3 Å². The van der Waals surface area contributed by atoms with Gasteiger partial charge in [-0.1, -0.05) is 12.1 Å². The molecule has 0 saturated heterocycles. The molecular formula is C17H16INO3. The van der Waals surface area contributed by atoms with Gasteiger partial charge in [-0.2, -0.15) is 0 Å². The zero-order chi connectivity index (χ0) is 15.9. The van der Waals surface area contributed by atoms with E-state index in [1.165, 1.54) is 6.08 Å². The molecule has 0 bridgehead atoms. The van der Waals surface area contributed by atoms with Gasteiger partial charge in [0.25, 0.3) is 0 Å². The summed E-state index contributed by atoms with van der Waals surface area (Å²) in [5.74, 6) is 1.16. The number of amides is 1. The zero-order valence-corrected chi connectivity index (χ0v) is 14.5. The van der Waals surface area contributed by atoms with Crippen molar-refractivity contribution in [2.45, 2.75) is 0 Å². The summed E-state index contributed by atoms with van der Waals surface area (Å²) in [5, 5.41) is 2.84. The molecule has 22 heavy (non-hydrogen) atoms. The number of anilines is 1. The van der Waals surface area contributed by atoms with Crippen molar-refractivity contribution in [3.8, 4) is 11.5 Å². The third-order valence-electron chi connectivity index (χ3n) is 2.99. The molecule has 1 amide bonds. The summed E-state index contributed by atoms with van der Waals surface area (Å²) >= 11 is 2.18. The summed E-state index contributed by atoms with van der Waals surface area (Å²) in [4.78, 5) is 12.0. The molecular weight excluding hydrogens is 393 g/mol. The zero-order valence-electron chi connectivity index (χ0n) is 12.3. The van der Waals surface area contributed by atoms with Crippen molar-refractivity contribution in [1.29, 1.82) is 0 Å². The minimum absolute atomic E-state index is 0.193. The van der Waals surface area contributed by atoms with Crippen molar-refractivity contribution in [3.05, 3.63) is 57.7 Å². The van der Waals surface area contributed by atoms with Crippen LogP contribution in [0.1, 0.15) is 5.56 Å². The molecule has 0 fully saturated rings. The quantitative estimate of drug-likeness (QED) is 0.601. The van der Waals surface area contributed by atoms with Crippen molar-refractivity contribution in [2.75, 3.05) is 19.5 Å². The maximum Gasteiger partial charge on any atom is 0.248 e. The van der Waals surface area contributed by atoms with Crippen LogP contribution in [0.3, 0.4) is 0 Å². The number of ether oxygens (including phenoxy) is 2. The summed E-state index contributed by atoms with van der Waals surface area (Å²) in [6, 6.07) is 13.0. The second-order valence-electron chi connectivity index (χ2n) is 4.41. The van der Waals surface area contributed by atoms with Crippen LogP contribution in [0.25, 0.3) is 6.08 Å². The van der Waals surface area contributed by atoms with Crippen molar-refractivity contribution in [1.82, 2.24) is 0 Å². The number of methoxy groups -OCH3 is 2. The molecule has 2 aromatic carbocycles. The van der Waals surface area contributed by atoms with Gasteiger partial charge in [0, 0.05) is 21.3 Å². The number of carbonyl (C=O) groups excluding carboxylic acids is 1. The standard InChI is InChI=1S/C17H16INO3/c1-21-13-9-7-12(16(11-13)22-2)8-10-17(20)19-15-6-4-3-5-14(15)18/h3-11H,1-2H3,(H,19,20)/b10-8+. The van der Waals surface area contributed by atoms with Gasteiger partial charge in [0.05, 0.1) is 19.9 Å². The fourth-order valence-corrected chi connectivity index (χ4v) is 2.38. The number of benzene rings is 2. The fourth-order valence-electron chi connectivity index (χ4n) is 1.86. The van der Waals surface area contributed by atoms with Crippen molar-refractivity contribution in [3.63, 3.8) is 0 Å². The highest BCUT2D eigenvalue weighted by Gasteiger charge is 2.04. The first-order valence-corrected chi connectivity index (χ1v) is 7.67. The number of hydrogen-bond donors (Lipinski definition) is 1. The second kappa shape index (κ2) is 7.84. The third-order valence-corrected chi connectivity index (χ3v) is 3.93. The van der Waals surface area contributed by atoms with E-state index in [1.54, 1.807) is 26.4 Å². The van der Waals surface area contributed by atoms with Gasteiger partial charge in [0.15, 0.2) is 0 Å². The molecule has 2 rings (SSSR count). The van der Waals surface area contributed by atoms with Gasteiger partial charge in [-0.25, -0.2) is 0 Å². The first-order chi connectivity index (χ1) is 10.6. The van der Waals surface area contributed by atoms with E-state index in [4.69, 9.17) is 9.47 Å². The molecule has 1 N–H and O–H groups in total. The molecule has 0 radical (unpaired) electrons. The van der Waals surface area contributed by atoms with Gasteiger partial charge in [-0.05, 0) is 52.9 Å². The number of carbonyl (C=O) groups is 1. The Kier molecular flexibility index (Phi) is 5.83. The van der Waals surface area contributed by atoms with Crippen molar-refractivity contribution in [2.24, 2.45) is 0 Å². The Balaban J connectivity index is 2.11. The Hall–Kier alpha value is -2.02. The summed E-state index contributed by atoms with van der Waals surface area (Å²) in [5.41, 5.74) is 1.60. The number of nitrogens with one attached hydrogen (secondary N) is 1. The third kappa shape index (κ3) is 4.24. The highest BCUT2D eigenvalue weighted by molar-refractivity contribution is 14.1. The minimum atomic E-state index is -0.193. The molecule has 5 heteroatoms. The van der Waals surface area contributed by atoms with Gasteiger partial charge in [-0.15, -0.1) is 0 Å². The molecule has 0 aliphatic carbocycles. The molecule has 114 valence electrons. The van der Waals surface area contributed by atoms with Crippen LogP contribution in [0, 0.1) is 3.57 Å². The smallest absolute Gasteiger partial charge is 0.248 e. The number of para-hydroxylation sites is 1. The Morgan fingerprint density at radius 3 is 2.59 bits per heavy atom. The lowest BCUT2D eigenvalue weighted by molar-refractivity contribution is -0.111. The molecule has 0 atom stereocenters. The Morgan fingerprint density at radius 2 is 1.91 bits per heavy atom. The predicted molar refractivity (Wildman–Crippen MR) is 96.4 cm³/mol. The number of rotatable bonds is 5. The van der Waals surface area contributed by atoms with E-state index in [0.29, 0.717) is 11.5 Å². The van der Waals surface area contributed by atoms with Crippen LogP contribution >= 0.6 is 22.6 Å². The molecule has 0 aromatic heterocycles. The van der Waals surface area contributed by atoms with Crippen LogP contribution in [0.2, 0.25) is 0 Å². The lowest BCUT2D eigenvalue weighted by Crippen LogP contribution is -2.08. The number of hydrogen-bond acceptors (Lipinski definition) is 3. The Labute approximate surface area is 143 Å². The highest BCUT2D eigenvalue weighted by Crippen LogP contribution is 2.25. The summed E-state index contributed by atoms with van der Waals surface area (Å²) in [6.45, 7) is 0. The Morgan fingerprint density at radius 1 is 1.14 bits per heavy atom. The first-order valence-electron chi connectivity index (χ1n) is 6.59. The van der Waals surface area contributed by atoms with Gasteiger partial charge in [0.1, 0.15) is 11.5 Å². The largest absolute Gasteiger partial charge is 0.497 e. The van der Waals surface area contributed by atoms with Crippen LogP contribution in [-0.4, -0.2) is 20.1 Å². The normalized spacial score (nSPS) is 10.5. The summed E-state index contributed by atoms with van der Waals surface area (Å²) in [6.07, 6.45) is 3.19. The molecule has 2 aromatic rings. The molecule has 0 saturated carbocycles. The SMILES string of the molecule is COc1ccc(/C=C/C(=O)Nc2ccccc2I)c(OC)c1. The molecule has 0 aliphatic heterocycles. The van der Waals surface area contributed by atoms with Gasteiger partial charge in [0.2, 0.25) is 5.91 Å². The fraction of sp³-hybridized carbons (Fsp3) is 0.118. The van der Waals surface area contributed by atoms with Crippen molar-refractivity contribution >= 4 is 40.3 Å². The number of halogens is 1. The minimum Gasteiger partial charge on any atom is -0.497 e. The van der Waals surface area contributed by atoms with Gasteiger partial charge in [-0.3, -0.25) is 4.79 Å². The molecule has 0 aliphatic rings. The van der Waals surface area contributed by atoms with Crippen LogP contribution < -0.4 is 14.8 Å². The molecule has 0 spiro atoms. The summed E-state index contributed by atoms with van der Waals surface area (Å²) < 4.78 is 11.4. The monoisotopic (exact) mass is 409 g/mol. The Bertz CT molecular complexity index is 698. The first kappa shape index (κ1) is 16.4. The molecule has 0 unspecified atom stereocenters. The average Bonchev–Trinajstić information content (AvgIpc) is 2.55. The van der Waals surface area contributed by atoms with Crippen LogP contribution in [0.5, 0.6) is 11.5 Å². The van der Waals surface area contributed by atoms with E-state index < -0.39 is 0 Å². The molecule has 0 heterocycles. The highest BCUT2D eigenvalue weighted by atomic mass is 127. The van der Waals surface area contributed by atoms with E-state index in [0.717, 1.165) is 14.8 Å². The summed E-state index contributed by atoms with van der Waals surface area (Å²) in [7, 11) is 3.18. The second-order valence-corrected chi connectivity index (χ2v) is 5.57. The van der Waals surface area contributed by atoms with E-state index in [-0.39, 0.29) is 5.91 Å². The average molecular weight is 409 g/mol. The van der Waals surface area contributed by atoms with Gasteiger partial charge >= 0.3 is 0 Å². The van der Waals surface area contributed by atoms with E-state index in [2.05, 4.69) is 27.9 Å². The van der Waals surface area contributed by atoms with Gasteiger partial charge < -0.3 is 14.8 Å². The van der Waals surface area contributed by atoms with E-state index in [1.807, 2.05) is 36.4 Å². The van der Waals surface area contributed by atoms with E-state index >= 15 is 0 Å². The van der Waals surface area contributed by atoms with Crippen LogP contribution in [0.4, 0.5) is 5.69 Å². The lowest BCUT2D eigenvalue weighted by atomic mass is 10.1. The van der Waals surface area contributed by atoms with Crippen LogP contribution in [0.15, 0.2) is 48.5 Å². The molecule has 4 nitrogen and oxygen atoms in total. The topological polar surface area (TPSA) is 47.6 Å².